The van der Waals surface area contributed by atoms with Gasteiger partial charge in [0.15, 0.2) is 5.78 Å². The summed E-state index contributed by atoms with van der Waals surface area (Å²) < 4.78 is 2.31. The lowest BCUT2D eigenvalue weighted by Gasteiger charge is -2.11. The highest BCUT2D eigenvalue weighted by molar-refractivity contribution is 6.10. The number of para-hydroxylation sites is 2. The molecule has 6 aromatic rings. The summed E-state index contributed by atoms with van der Waals surface area (Å²) in [6.07, 6.45) is 0. The number of nitrogens with zero attached hydrogens (tertiary/aromatic N) is 1. The molecule has 33 heavy (non-hydrogen) atoms. The van der Waals surface area contributed by atoms with Crippen LogP contribution in [0.4, 0.5) is 0 Å². The minimum Gasteiger partial charge on any atom is -0.309 e. The van der Waals surface area contributed by atoms with Crippen LogP contribution < -0.4 is 0 Å². The van der Waals surface area contributed by atoms with E-state index in [0.717, 1.165) is 16.8 Å². The average molecular weight is 424 g/mol. The molecule has 0 N–H and O–H groups in total. The first-order chi connectivity index (χ1) is 16.3. The Kier molecular flexibility index (Phi) is 4.63. The summed E-state index contributed by atoms with van der Waals surface area (Å²) in [5.41, 5.74) is 6.98. The fourth-order valence-electron chi connectivity index (χ4n) is 4.62. The number of carbonyl (C=O) groups is 1. The molecule has 156 valence electrons. The molecule has 0 aliphatic heterocycles. The van der Waals surface area contributed by atoms with Crippen LogP contribution in [-0.4, -0.2) is 10.4 Å². The van der Waals surface area contributed by atoms with Crippen LogP contribution >= 0.6 is 0 Å². The quantitative estimate of drug-likeness (QED) is 0.267. The Bertz CT molecular complexity index is 1570. The molecular formula is C31H21NO. The lowest BCUT2D eigenvalue weighted by atomic mass is 9.98. The van der Waals surface area contributed by atoms with E-state index in [1.54, 1.807) is 0 Å². The van der Waals surface area contributed by atoms with Gasteiger partial charge in [-0.3, -0.25) is 4.79 Å². The smallest absolute Gasteiger partial charge is 0.193 e. The normalized spacial score (nSPS) is 11.2. The van der Waals surface area contributed by atoms with E-state index in [0.29, 0.717) is 11.1 Å². The molecule has 0 saturated carbocycles. The van der Waals surface area contributed by atoms with Gasteiger partial charge in [-0.25, -0.2) is 0 Å². The van der Waals surface area contributed by atoms with Crippen LogP contribution in [0.15, 0.2) is 127 Å². The SMILES string of the molecule is O=C(c1ccccc1)c1cccc(-c2cccc(-n3c4ccccc4c4ccccc43)c2)c1. The molecule has 0 bridgehead atoms. The van der Waals surface area contributed by atoms with Gasteiger partial charge in [-0.2, -0.15) is 0 Å². The van der Waals surface area contributed by atoms with Crippen molar-refractivity contribution in [3.8, 4) is 16.8 Å². The van der Waals surface area contributed by atoms with Crippen molar-refractivity contribution in [1.29, 1.82) is 0 Å². The maximum Gasteiger partial charge on any atom is 0.193 e. The summed E-state index contributed by atoms with van der Waals surface area (Å²) in [4.78, 5) is 13.0. The molecule has 1 aromatic heterocycles. The fourth-order valence-corrected chi connectivity index (χ4v) is 4.62. The fraction of sp³-hybridized carbons (Fsp3) is 0. The van der Waals surface area contributed by atoms with E-state index >= 15 is 0 Å². The molecule has 0 unspecified atom stereocenters. The number of benzene rings is 5. The number of fused-ring (bicyclic) bond motifs is 3. The Balaban J connectivity index is 1.47. The molecular weight excluding hydrogens is 402 g/mol. The highest BCUT2D eigenvalue weighted by atomic mass is 16.1. The van der Waals surface area contributed by atoms with E-state index in [1.165, 1.54) is 21.8 Å². The summed E-state index contributed by atoms with van der Waals surface area (Å²) in [6, 6.07) is 42.9. The van der Waals surface area contributed by atoms with Gasteiger partial charge in [-0.05, 0) is 41.5 Å². The zero-order valence-electron chi connectivity index (χ0n) is 18.0. The van der Waals surface area contributed by atoms with Crippen LogP contribution in [0, 0.1) is 0 Å². The molecule has 2 heteroatoms. The van der Waals surface area contributed by atoms with Crippen molar-refractivity contribution in [3.05, 3.63) is 139 Å². The van der Waals surface area contributed by atoms with E-state index < -0.39 is 0 Å². The van der Waals surface area contributed by atoms with E-state index in [-0.39, 0.29) is 5.78 Å². The van der Waals surface area contributed by atoms with Gasteiger partial charge in [0.25, 0.3) is 0 Å². The van der Waals surface area contributed by atoms with Gasteiger partial charge in [0.1, 0.15) is 0 Å². The Hall–Kier alpha value is -4.43. The lowest BCUT2D eigenvalue weighted by molar-refractivity contribution is 0.103. The molecule has 0 radical (unpaired) electrons. The largest absolute Gasteiger partial charge is 0.309 e. The number of aromatic nitrogens is 1. The van der Waals surface area contributed by atoms with E-state index in [9.17, 15) is 4.79 Å². The van der Waals surface area contributed by atoms with Gasteiger partial charge >= 0.3 is 0 Å². The maximum atomic E-state index is 13.0. The second-order valence-corrected chi connectivity index (χ2v) is 8.20. The standard InChI is InChI=1S/C31H21NO/c33-31(22-10-2-1-3-11-22)25-14-8-12-23(20-25)24-13-9-15-26(21-24)32-29-18-6-4-16-27(29)28-17-5-7-19-30(28)32/h1-21H. The zero-order valence-corrected chi connectivity index (χ0v) is 18.0. The monoisotopic (exact) mass is 423 g/mol. The van der Waals surface area contributed by atoms with Gasteiger partial charge < -0.3 is 4.57 Å². The Morgan fingerprint density at radius 2 is 1.03 bits per heavy atom. The molecule has 5 aromatic carbocycles. The van der Waals surface area contributed by atoms with Gasteiger partial charge in [-0.15, -0.1) is 0 Å². The third kappa shape index (κ3) is 3.33. The van der Waals surface area contributed by atoms with E-state index in [4.69, 9.17) is 0 Å². The molecule has 2 nitrogen and oxygen atoms in total. The molecule has 0 amide bonds. The van der Waals surface area contributed by atoms with E-state index in [1.807, 2.05) is 48.5 Å². The summed E-state index contributed by atoms with van der Waals surface area (Å²) in [6.45, 7) is 0. The van der Waals surface area contributed by atoms with Crippen molar-refractivity contribution in [2.45, 2.75) is 0 Å². The van der Waals surface area contributed by atoms with Gasteiger partial charge in [0, 0.05) is 27.6 Å². The first-order valence-corrected chi connectivity index (χ1v) is 11.1. The predicted octanol–water partition coefficient (Wildman–Crippen LogP) is 7.68. The molecule has 0 spiro atoms. The average Bonchev–Trinajstić information content (AvgIpc) is 3.23. The number of hydrogen-bond acceptors (Lipinski definition) is 1. The topological polar surface area (TPSA) is 22.0 Å². The van der Waals surface area contributed by atoms with Crippen LogP contribution in [0.1, 0.15) is 15.9 Å². The van der Waals surface area contributed by atoms with Crippen molar-refractivity contribution in [2.24, 2.45) is 0 Å². The number of hydrogen-bond donors (Lipinski definition) is 0. The zero-order chi connectivity index (χ0) is 22.2. The lowest BCUT2D eigenvalue weighted by Crippen LogP contribution is -2.01. The van der Waals surface area contributed by atoms with Crippen LogP contribution in [0.25, 0.3) is 38.6 Å². The molecule has 0 fully saturated rings. The minimum atomic E-state index is 0.0380. The number of carbonyl (C=O) groups excluding carboxylic acids is 1. The van der Waals surface area contributed by atoms with E-state index in [2.05, 4.69) is 83.4 Å². The maximum absolute atomic E-state index is 13.0. The molecule has 0 saturated heterocycles. The highest BCUT2D eigenvalue weighted by Gasteiger charge is 2.13. The molecule has 0 aliphatic rings. The predicted molar refractivity (Wildman–Crippen MR) is 136 cm³/mol. The first kappa shape index (κ1) is 19.3. The van der Waals surface area contributed by atoms with Gasteiger partial charge in [-0.1, -0.05) is 97.1 Å². The second kappa shape index (κ2) is 7.92. The van der Waals surface area contributed by atoms with Crippen molar-refractivity contribution >= 4 is 27.6 Å². The third-order valence-electron chi connectivity index (χ3n) is 6.18. The van der Waals surface area contributed by atoms with Crippen molar-refractivity contribution in [1.82, 2.24) is 4.57 Å². The Morgan fingerprint density at radius 3 is 1.73 bits per heavy atom. The first-order valence-electron chi connectivity index (χ1n) is 11.1. The van der Waals surface area contributed by atoms with Crippen molar-refractivity contribution in [2.75, 3.05) is 0 Å². The number of ketones is 1. The summed E-state index contributed by atoms with van der Waals surface area (Å²) in [5, 5.41) is 2.49. The van der Waals surface area contributed by atoms with Crippen LogP contribution in [-0.2, 0) is 0 Å². The van der Waals surface area contributed by atoms with Crippen molar-refractivity contribution < 1.29 is 4.79 Å². The van der Waals surface area contributed by atoms with Crippen molar-refractivity contribution in [3.63, 3.8) is 0 Å². The Morgan fingerprint density at radius 1 is 0.485 bits per heavy atom. The van der Waals surface area contributed by atoms with Gasteiger partial charge in [0.05, 0.1) is 11.0 Å². The molecule has 0 atom stereocenters. The summed E-state index contributed by atoms with van der Waals surface area (Å²) in [5.74, 6) is 0.0380. The van der Waals surface area contributed by atoms with Gasteiger partial charge in [0.2, 0.25) is 0 Å². The molecule has 6 rings (SSSR count). The highest BCUT2D eigenvalue weighted by Crippen LogP contribution is 2.33. The summed E-state index contributed by atoms with van der Waals surface area (Å²) in [7, 11) is 0. The Labute approximate surface area is 192 Å². The minimum absolute atomic E-state index is 0.0380. The van der Waals surface area contributed by atoms with Crippen LogP contribution in [0.2, 0.25) is 0 Å². The second-order valence-electron chi connectivity index (χ2n) is 8.20. The van der Waals surface area contributed by atoms with Crippen LogP contribution in [0.3, 0.4) is 0 Å². The van der Waals surface area contributed by atoms with Crippen LogP contribution in [0.5, 0.6) is 0 Å². The molecule has 0 aliphatic carbocycles. The number of rotatable bonds is 4. The summed E-state index contributed by atoms with van der Waals surface area (Å²) >= 11 is 0. The molecule has 1 heterocycles. The third-order valence-corrected chi connectivity index (χ3v) is 6.18.